The van der Waals surface area contributed by atoms with E-state index in [0.29, 0.717) is 5.56 Å². The average Bonchev–Trinajstić information content (AvgIpc) is 2.99. The highest BCUT2D eigenvalue weighted by Crippen LogP contribution is 2.47. The molecule has 1 atom stereocenters. The number of carbonyl (C=O) groups is 1. The summed E-state index contributed by atoms with van der Waals surface area (Å²) >= 11 is 1.84. The third kappa shape index (κ3) is 5.14. The molecule has 1 aromatic carbocycles. The minimum atomic E-state index is -2.60. The Morgan fingerprint density at radius 1 is 1.46 bits per heavy atom. The number of hydrogen-bond donors (Lipinski definition) is 2. The Morgan fingerprint density at radius 3 is 2.42 bits per heavy atom. The van der Waals surface area contributed by atoms with Crippen LogP contribution in [0.5, 0.6) is 0 Å². The summed E-state index contributed by atoms with van der Waals surface area (Å²) in [6.07, 6.45) is 2.65. The molecule has 4 nitrogen and oxygen atoms in total. The number of primary amides is 1. The van der Waals surface area contributed by atoms with Crippen molar-refractivity contribution in [2.45, 2.75) is 35.8 Å². The van der Waals surface area contributed by atoms with Crippen LogP contribution in [0.15, 0.2) is 49.2 Å². The van der Waals surface area contributed by atoms with Crippen molar-refractivity contribution < 1.29 is 20.1 Å². The molecule has 1 unspecified atom stereocenters. The molecule has 26 heavy (non-hydrogen) atoms. The van der Waals surface area contributed by atoms with Crippen molar-refractivity contribution in [3.8, 4) is 11.3 Å². The van der Waals surface area contributed by atoms with Crippen LogP contribution in [-0.2, 0) is 0 Å². The van der Waals surface area contributed by atoms with E-state index >= 15 is 0 Å². The van der Waals surface area contributed by atoms with Crippen molar-refractivity contribution in [3.05, 3.63) is 60.3 Å². The van der Waals surface area contributed by atoms with Crippen molar-refractivity contribution in [1.82, 2.24) is 4.57 Å². The number of amides is 1. The summed E-state index contributed by atoms with van der Waals surface area (Å²) in [4.78, 5) is 11.4. The maximum absolute atomic E-state index is 13.1. The molecule has 7 heteroatoms. The maximum atomic E-state index is 13.1. The van der Waals surface area contributed by atoms with Gasteiger partial charge in [-0.3, -0.25) is 4.79 Å². The SMILES string of the molecule is C=CC(O)I.Cc1ccc(-c2cc(C(N)=O)cn2C2CC(F)(F)C2)cc1.[HH]. The lowest BCUT2D eigenvalue weighted by Crippen LogP contribution is -2.37. The number of aliphatic hydroxyl groups is 1. The zero-order chi connectivity index (χ0) is 19.5. The van der Waals surface area contributed by atoms with Crippen molar-refractivity contribution in [1.29, 1.82) is 0 Å². The minimum absolute atomic E-state index is 0. The second-order valence-electron chi connectivity index (χ2n) is 6.28. The van der Waals surface area contributed by atoms with E-state index in [-0.39, 0.29) is 24.4 Å². The number of benzene rings is 1. The molecule has 1 saturated carbocycles. The van der Waals surface area contributed by atoms with Crippen LogP contribution in [-0.4, -0.2) is 25.6 Å². The number of carbonyl (C=O) groups excluding carboxylic acids is 1. The van der Waals surface area contributed by atoms with E-state index in [1.165, 1.54) is 6.08 Å². The van der Waals surface area contributed by atoms with Crippen LogP contribution in [0.2, 0.25) is 0 Å². The number of nitrogens with zero attached hydrogens (tertiary/aromatic N) is 1. The smallest absolute Gasteiger partial charge is 0.252 e. The Kier molecular flexibility index (Phi) is 6.57. The van der Waals surface area contributed by atoms with E-state index in [2.05, 4.69) is 6.58 Å². The number of aromatic nitrogens is 1. The summed E-state index contributed by atoms with van der Waals surface area (Å²) in [6.45, 7) is 5.28. The van der Waals surface area contributed by atoms with Crippen molar-refractivity contribution >= 4 is 28.5 Å². The monoisotopic (exact) mass is 476 g/mol. The molecule has 0 spiro atoms. The highest BCUT2D eigenvalue weighted by atomic mass is 127. The quantitative estimate of drug-likeness (QED) is 0.382. The van der Waals surface area contributed by atoms with Crippen LogP contribution < -0.4 is 5.73 Å². The van der Waals surface area contributed by atoms with E-state index in [1.54, 1.807) is 16.8 Å². The van der Waals surface area contributed by atoms with Gasteiger partial charge in [0.1, 0.15) is 4.11 Å². The normalized spacial score (nSPS) is 16.8. The molecule has 1 aliphatic carbocycles. The van der Waals surface area contributed by atoms with E-state index in [9.17, 15) is 13.6 Å². The zero-order valence-corrected chi connectivity index (χ0v) is 16.5. The lowest BCUT2D eigenvalue weighted by Gasteiger charge is -2.37. The molecule has 3 rings (SSSR count). The number of aryl methyl sites for hydroxylation is 1. The van der Waals surface area contributed by atoms with Crippen LogP contribution in [0.1, 0.15) is 36.2 Å². The molecule has 3 N–H and O–H groups in total. The average molecular weight is 476 g/mol. The molecule has 1 amide bonds. The summed E-state index contributed by atoms with van der Waals surface area (Å²) in [5.41, 5.74) is 8.42. The lowest BCUT2D eigenvalue weighted by atomic mass is 9.87. The highest BCUT2D eigenvalue weighted by molar-refractivity contribution is 14.1. The summed E-state index contributed by atoms with van der Waals surface area (Å²) in [5, 5.41) is 8.23. The number of hydrogen-bond acceptors (Lipinski definition) is 2. The van der Waals surface area contributed by atoms with Gasteiger partial charge in [0.05, 0.1) is 5.56 Å². The van der Waals surface area contributed by atoms with Crippen LogP contribution in [0, 0.1) is 6.92 Å². The second kappa shape index (κ2) is 8.30. The van der Waals surface area contributed by atoms with Gasteiger partial charge in [0.15, 0.2) is 0 Å². The molecule has 1 heterocycles. The number of alkyl halides is 3. The van der Waals surface area contributed by atoms with Gasteiger partial charge in [0.25, 0.3) is 5.92 Å². The van der Waals surface area contributed by atoms with Gasteiger partial charge in [0, 0.05) is 32.2 Å². The van der Waals surface area contributed by atoms with E-state index in [1.807, 2.05) is 53.8 Å². The molecule has 0 aliphatic heterocycles. The van der Waals surface area contributed by atoms with Gasteiger partial charge < -0.3 is 15.4 Å². The Balaban J connectivity index is 0.000000542. The number of rotatable bonds is 4. The van der Waals surface area contributed by atoms with Gasteiger partial charge in [-0.15, -0.1) is 0 Å². The minimum Gasteiger partial charge on any atom is -0.379 e. The van der Waals surface area contributed by atoms with Gasteiger partial charge >= 0.3 is 0 Å². The predicted molar refractivity (Wildman–Crippen MR) is 109 cm³/mol. The van der Waals surface area contributed by atoms with E-state index in [0.717, 1.165) is 16.8 Å². The molecular formula is C19H23F2IN2O2. The van der Waals surface area contributed by atoms with Crippen molar-refractivity contribution in [2.24, 2.45) is 5.73 Å². The lowest BCUT2D eigenvalue weighted by molar-refractivity contribution is -0.103. The Hall–Kier alpha value is -1.74. The molecule has 0 radical (unpaired) electrons. The zero-order valence-electron chi connectivity index (χ0n) is 14.3. The fourth-order valence-electron chi connectivity index (χ4n) is 2.70. The molecule has 1 aliphatic rings. The summed E-state index contributed by atoms with van der Waals surface area (Å²) < 4.78 is 27.6. The highest BCUT2D eigenvalue weighted by Gasteiger charge is 2.46. The summed E-state index contributed by atoms with van der Waals surface area (Å²) in [5.74, 6) is -3.15. The second-order valence-corrected chi connectivity index (χ2v) is 7.55. The maximum Gasteiger partial charge on any atom is 0.252 e. The third-order valence-electron chi connectivity index (χ3n) is 4.14. The first-order chi connectivity index (χ1) is 12.1. The fourth-order valence-corrected chi connectivity index (χ4v) is 2.70. The molecule has 1 aromatic heterocycles. The Labute approximate surface area is 166 Å². The van der Waals surface area contributed by atoms with Gasteiger partial charge in [0.2, 0.25) is 5.91 Å². The fraction of sp³-hybridized carbons (Fsp3) is 0.316. The van der Waals surface area contributed by atoms with Gasteiger partial charge in [-0.2, -0.15) is 0 Å². The first-order valence-corrected chi connectivity index (χ1v) is 9.29. The van der Waals surface area contributed by atoms with Crippen LogP contribution in [0.4, 0.5) is 8.78 Å². The van der Waals surface area contributed by atoms with Crippen LogP contribution in [0.3, 0.4) is 0 Å². The summed E-state index contributed by atoms with van der Waals surface area (Å²) in [7, 11) is 0. The van der Waals surface area contributed by atoms with Gasteiger partial charge in [-0.1, -0.05) is 42.5 Å². The summed E-state index contributed by atoms with van der Waals surface area (Å²) in [6, 6.07) is 9.12. The number of aliphatic hydroxyl groups excluding tert-OH is 1. The Bertz CT molecular complexity index is 784. The van der Waals surface area contributed by atoms with Crippen LogP contribution >= 0.6 is 22.6 Å². The largest absolute Gasteiger partial charge is 0.379 e. The van der Waals surface area contributed by atoms with Gasteiger partial charge in [-0.05, 0) is 41.1 Å². The molecule has 142 valence electrons. The van der Waals surface area contributed by atoms with Gasteiger partial charge in [-0.25, -0.2) is 8.78 Å². The molecule has 2 aromatic rings. The number of halogens is 3. The van der Waals surface area contributed by atoms with Crippen LogP contribution in [0.25, 0.3) is 11.3 Å². The third-order valence-corrected chi connectivity index (χ3v) is 4.65. The first kappa shape index (κ1) is 20.6. The molecular weight excluding hydrogens is 453 g/mol. The standard InChI is InChI=1S/C16H16F2N2O.C3H5IO.H2/c1-10-2-4-11(5-3-10)14-6-12(15(19)21)9-20(14)13-7-16(17,18)8-13;1-2-3(4)5;/h2-6,9,13H,7-8H2,1H3,(H2,19,21);2-3,5H,1H2;1H. The van der Waals surface area contributed by atoms with Crippen molar-refractivity contribution in [2.75, 3.05) is 0 Å². The Morgan fingerprint density at radius 2 is 2.00 bits per heavy atom. The predicted octanol–water partition coefficient (Wildman–Crippen LogP) is 4.70. The van der Waals surface area contributed by atoms with E-state index < -0.39 is 11.8 Å². The first-order valence-electron chi connectivity index (χ1n) is 8.04. The van der Waals surface area contributed by atoms with E-state index in [4.69, 9.17) is 10.8 Å². The molecule has 1 fully saturated rings. The number of nitrogens with two attached hydrogens (primary N) is 1. The molecule has 0 saturated heterocycles. The topological polar surface area (TPSA) is 68.2 Å². The van der Waals surface area contributed by atoms with Crippen molar-refractivity contribution in [3.63, 3.8) is 0 Å². The molecule has 0 bridgehead atoms.